The van der Waals surface area contributed by atoms with Crippen LogP contribution >= 0.6 is 0 Å². The first kappa shape index (κ1) is 39.7. The molecule has 12 nitrogen and oxygen atoms in total. The number of anilines is 4. The molecule has 4 amide bonds. The van der Waals surface area contributed by atoms with E-state index < -0.39 is 22.6 Å². The standard InChI is InChI=1S/C22H24FN3O3.C22H25N3O3/c1-22(2)17-7-4-14(25-20(27)16-8-9-24-13-18(16)23)12-19(17)26(21(22)28)10-3-11-29-15-5-6-15;1-22(2)18-7-4-16(24-20(26)15-8-10-23-11-9-15)14-19(18)25(21(22)27)12-3-13-28-17-5-6-17/h4,7-9,12-13,15H,3,5-6,10-11H2,1-2H3,(H,25,27);4,7-11,14,17H,3,5-6,12-13H2,1-2H3,(H,24,26). The number of carbonyl (C=O) groups is 4. The lowest BCUT2D eigenvalue weighted by molar-refractivity contribution is -0.122. The monoisotopic (exact) mass is 776 g/mol. The minimum Gasteiger partial charge on any atom is -0.378 e. The number of hydrogen-bond donors (Lipinski definition) is 2. The number of ether oxygens (including phenoxy) is 2. The molecule has 8 rings (SSSR count). The van der Waals surface area contributed by atoms with E-state index in [2.05, 4.69) is 20.6 Å². The number of pyridine rings is 2. The summed E-state index contributed by atoms with van der Waals surface area (Å²) in [5.41, 5.74) is 3.99. The van der Waals surface area contributed by atoms with Gasteiger partial charge in [0.15, 0.2) is 5.82 Å². The van der Waals surface area contributed by atoms with Gasteiger partial charge in [-0.2, -0.15) is 0 Å². The number of carbonyl (C=O) groups excluding carboxylic acids is 4. The zero-order valence-corrected chi connectivity index (χ0v) is 32.8. The number of halogens is 1. The molecular weight excluding hydrogens is 728 g/mol. The maximum atomic E-state index is 13.8. The fourth-order valence-electron chi connectivity index (χ4n) is 7.17. The third-order valence-electron chi connectivity index (χ3n) is 10.8. The molecule has 4 aromatic rings. The molecule has 4 aliphatic rings. The quantitative estimate of drug-likeness (QED) is 0.128. The molecule has 2 aliphatic heterocycles. The van der Waals surface area contributed by atoms with Crippen molar-refractivity contribution in [3.8, 4) is 0 Å². The number of fused-ring (bicyclic) bond motifs is 2. The van der Waals surface area contributed by atoms with Crippen LogP contribution in [0.25, 0.3) is 0 Å². The third-order valence-corrected chi connectivity index (χ3v) is 10.8. The molecule has 0 saturated heterocycles. The van der Waals surface area contributed by atoms with Gasteiger partial charge in [0.25, 0.3) is 11.8 Å². The lowest BCUT2D eigenvalue weighted by Gasteiger charge is -2.20. The molecule has 2 aromatic carbocycles. The molecule has 0 bridgehead atoms. The summed E-state index contributed by atoms with van der Waals surface area (Å²) in [4.78, 5) is 62.0. The van der Waals surface area contributed by atoms with Gasteiger partial charge in [0.1, 0.15) is 0 Å². The Balaban J connectivity index is 0.000000174. The Morgan fingerprint density at radius 1 is 0.702 bits per heavy atom. The van der Waals surface area contributed by atoms with Crippen LogP contribution in [0.3, 0.4) is 0 Å². The average molecular weight is 777 g/mol. The van der Waals surface area contributed by atoms with E-state index in [1.165, 1.54) is 12.3 Å². The van der Waals surface area contributed by atoms with E-state index in [0.29, 0.717) is 55.4 Å². The topological polar surface area (TPSA) is 143 Å². The molecule has 0 radical (unpaired) electrons. The predicted molar refractivity (Wildman–Crippen MR) is 215 cm³/mol. The van der Waals surface area contributed by atoms with Crippen LogP contribution in [0.5, 0.6) is 0 Å². The molecule has 298 valence electrons. The number of aromatic nitrogens is 2. The van der Waals surface area contributed by atoms with Crippen LogP contribution in [0.4, 0.5) is 27.1 Å². The van der Waals surface area contributed by atoms with Crippen molar-refractivity contribution in [3.63, 3.8) is 0 Å². The van der Waals surface area contributed by atoms with Crippen molar-refractivity contribution >= 4 is 46.4 Å². The zero-order valence-electron chi connectivity index (χ0n) is 32.8. The Labute approximate surface area is 332 Å². The first-order valence-electron chi connectivity index (χ1n) is 19.6. The molecule has 2 saturated carbocycles. The van der Waals surface area contributed by atoms with Crippen LogP contribution in [-0.2, 0) is 29.9 Å². The highest BCUT2D eigenvalue weighted by atomic mass is 19.1. The summed E-state index contributed by atoms with van der Waals surface area (Å²) in [6.45, 7) is 10.2. The van der Waals surface area contributed by atoms with Crippen molar-refractivity contribution in [2.45, 2.75) is 89.3 Å². The van der Waals surface area contributed by atoms with Crippen LogP contribution in [0, 0.1) is 5.82 Å². The van der Waals surface area contributed by atoms with E-state index in [0.717, 1.165) is 67.2 Å². The van der Waals surface area contributed by atoms with Gasteiger partial charge >= 0.3 is 0 Å². The fourth-order valence-corrected chi connectivity index (χ4v) is 7.17. The molecule has 13 heteroatoms. The number of nitrogens with one attached hydrogen (secondary N) is 2. The summed E-state index contributed by atoms with van der Waals surface area (Å²) in [5.74, 6) is -1.32. The van der Waals surface area contributed by atoms with Crippen molar-refractivity contribution in [2.24, 2.45) is 0 Å². The van der Waals surface area contributed by atoms with Crippen LogP contribution in [0.2, 0.25) is 0 Å². The lowest BCUT2D eigenvalue weighted by Crippen LogP contribution is -2.37. The molecule has 57 heavy (non-hydrogen) atoms. The Morgan fingerprint density at radius 2 is 1.18 bits per heavy atom. The van der Waals surface area contributed by atoms with Crippen molar-refractivity contribution in [1.29, 1.82) is 0 Å². The van der Waals surface area contributed by atoms with E-state index >= 15 is 0 Å². The highest BCUT2D eigenvalue weighted by Crippen LogP contribution is 2.44. The van der Waals surface area contributed by atoms with Crippen LogP contribution < -0.4 is 20.4 Å². The molecule has 2 N–H and O–H groups in total. The van der Waals surface area contributed by atoms with Crippen molar-refractivity contribution in [1.82, 2.24) is 9.97 Å². The second-order valence-electron chi connectivity index (χ2n) is 16.0. The highest BCUT2D eigenvalue weighted by molar-refractivity contribution is 6.10. The maximum Gasteiger partial charge on any atom is 0.258 e. The lowest BCUT2D eigenvalue weighted by atomic mass is 9.86. The minimum absolute atomic E-state index is 0.0302. The van der Waals surface area contributed by atoms with Gasteiger partial charge in [-0.05, 0) is 120 Å². The number of amides is 4. The van der Waals surface area contributed by atoms with Crippen molar-refractivity contribution in [2.75, 3.05) is 46.7 Å². The van der Waals surface area contributed by atoms with Gasteiger partial charge in [-0.1, -0.05) is 12.1 Å². The predicted octanol–water partition coefficient (Wildman–Crippen LogP) is 7.19. The fraction of sp³-hybridized carbons (Fsp3) is 0.409. The molecule has 0 spiro atoms. The van der Waals surface area contributed by atoms with Gasteiger partial charge < -0.3 is 29.9 Å². The summed E-state index contributed by atoms with van der Waals surface area (Å²) >= 11 is 0. The first-order valence-corrected chi connectivity index (χ1v) is 19.6. The molecule has 0 atom stereocenters. The van der Waals surface area contributed by atoms with E-state index in [-0.39, 0.29) is 23.3 Å². The summed E-state index contributed by atoms with van der Waals surface area (Å²) in [6.07, 6.45) is 12.5. The second-order valence-corrected chi connectivity index (χ2v) is 16.0. The molecule has 2 fully saturated rings. The number of nitrogens with zero attached hydrogens (tertiary/aromatic N) is 4. The van der Waals surface area contributed by atoms with Gasteiger partial charge in [0.05, 0.1) is 34.8 Å². The minimum atomic E-state index is -0.681. The summed E-state index contributed by atoms with van der Waals surface area (Å²) < 4.78 is 25.2. The SMILES string of the molecule is CC1(C)C(=O)N(CCCOC2CC2)c2cc(NC(=O)c3ccncc3)ccc21.CC1(C)C(=O)N(CCCOC2CC2)c2cc(NC(=O)c3ccncc3F)ccc21. The molecular formula is C44H49FN6O6. The maximum absolute atomic E-state index is 13.8. The zero-order chi connectivity index (χ0) is 40.3. The highest BCUT2D eigenvalue weighted by Gasteiger charge is 2.45. The summed E-state index contributed by atoms with van der Waals surface area (Å²) in [6, 6.07) is 15.7. The Kier molecular flexibility index (Phi) is 11.5. The Morgan fingerprint density at radius 3 is 1.65 bits per heavy atom. The smallest absolute Gasteiger partial charge is 0.258 e. The van der Waals surface area contributed by atoms with Gasteiger partial charge in [-0.25, -0.2) is 4.39 Å². The summed E-state index contributed by atoms with van der Waals surface area (Å²) in [5, 5.41) is 5.62. The Bertz CT molecular complexity index is 2150. The van der Waals surface area contributed by atoms with Gasteiger partial charge in [0, 0.05) is 73.2 Å². The number of benzene rings is 2. The van der Waals surface area contributed by atoms with E-state index in [1.807, 2.05) is 56.9 Å². The van der Waals surface area contributed by atoms with E-state index in [1.54, 1.807) is 41.6 Å². The largest absolute Gasteiger partial charge is 0.378 e. The number of hydrogen-bond acceptors (Lipinski definition) is 8. The molecule has 0 unspecified atom stereocenters. The average Bonchev–Trinajstić information content (AvgIpc) is 4.14. The van der Waals surface area contributed by atoms with Gasteiger partial charge in [-0.3, -0.25) is 29.1 Å². The number of rotatable bonds is 14. The third kappa shape index (κ3) is 8.89. The molecule has 4 heterocycles. The van der Waals surface area contributed by atoms with E-state index in [9.17, 15) is 23.6 Å². The summed E-state index contributed by atoms with van der Waals surface area (Å²) in [7, 11) is 0. The second kappa shape index (κ2) is 16.5. The van der Waals surface area contributed by atoms with Crippen LogP contribution in [-0.4, -0.2) is 72.1 Å². The normalized spacial score (nSPS) is 17.4. The van der Waals surface area contributed by atoms with E-state index in [4.69, 9.17) is 9.47 Å². The van der Waals surface area contributed by atoms with Crippen molar-refractivity contribution in [3.05, 3.63) is 107 Å². The molecule has 2 aliphatic carbocycles. The van der Waals surface area contributed by atoms with Gasteiger partial charge in [-0.15, -0.1) is 0 Å². The van der Waals surface area contributed by atoms with Crippen LogP contribution in [0.1, 0.15) is 98.1 Å². The van der Waals surface area contributed by atoms with Crippen molar-refractivity contribution < 1.29 is 33.0 Å². The molecule has 2 aromatic heterocycles. The van der Waals surface area contributed by atoms with Gasteiger partial charge in [0.2, 0.25) is 11.8 Å². The Hall–Kier alpha value is -5.53. The van der Waals surface area contributed by atoms with Crippen LogP contribution in [0.15, 0.2) is 79.4 Å². The first-order chi connectivity index (χ1) is 27.3.